The molecule has 0 atom stereocenters. The van der Waals surface area contributed by atoms with Crippen LogP contribution in [0.2, 0.25) is 0 Å². The third-order valence-corrected chi connectivity index (χ3v) is 4.60. The summed E-state index contributed by atoms with van der Waals surface area (Å²) in [5.41, 5.74) is 7.68. The Kier molecular flexibility index (Phi) is 7.11. The number of rotatable bonds is 8. The van der Waals surface area contributed by atoms with Crippen LogP contribution in [0, 0.1) is 0 Å². The Balaban J connectivity index is 1.76. The van der Waals surface area contributed by atoms with Gasteiger partial charge in [0.2, 0.25) is 5.91 Å². The maximum atomic E-state index is 11.5. The normalized spacial score (nSPS) is 10.3. The van der Waals surface area contributed by atoms with Crippen molar-refractivity contribution in [1.29, 1.82) is 0 Å². The molecule has 3 aromatic rings. The third-order valence-electron chi connectivity index (χ3n) is 4.60. The Morgan fingerprint density at radius 1 is 0.871 bits per heavy atom. The second-order valence-corrected chi connectivity index (χ2v) is 6.76. The zero-order valence-corrected chi connectivity index (χ0v) is 17.4. The summed E-state index contributed by atoms with van der Waals surface area (Å²) in [4.78, 5) is 22.2. The van der Waals surface area contributed by atoms with Crippen LogP contribution in [-0.2, 0) is 11.2 Å². The van der Waals surface area contributed by atoms with Crippen molar-refractivity contribution < 1.29 is 23.8 Å². The number of aryl methyl sites for hydroxylation is 1. The number of hydrogen-bond donors (Lipinski definition) is 2. The Morgan fingerprint density at radius 2 is 1.52 bits per heavy atom. The molecule has 3 amide bonds. The molecule has 7 heteroatoms. The summed E-state index contributed by atoms with van der Waals surface area (Å²) in [6.07, 6.45) is 0.656. The molecule has 0 spiro atoms. The Hall–Kier alpha value is -4.00. The van der Waals surface area contributed by atoms with Crippen LogP contribution in [-0.4, -0.2) is 26.2 Å². The van der Waals surface area contributed by atoms with Crippen molar-refractivity contribution >= 4 is 11.9 Å². The Labute approximate surface area is 180 Å². The number of primary amides is 1. The number of carbonyl (C=O) groups excluding carboxylic acids is 2. The predicted molar refractivity (Wildman–Crippen MR) is 118 cm³/mol. The molecule has 0 aromatic heterocycles. The highest BCUT2D eigenvalue weighted by Gasteiger charge is 2.11. The average Bonchev–Trinajstić information content (AvgIpc) is 2.78. The molecule has 0 unspecified atom stereocenters. The van der Waals surface area contributed by atoms with Crippen LogP contribution in [0.4, 0.5) is 4.79 Å². The maximum absolute atomic E-state index is 11.5. The fourth-order valence-electron chi connectivity index (χ4n) is 3.07. The van der Waals surface area contributed by atoms with Crippen molar-refractivity contribution in [1.82, 2.24) is 5.32 Å². The molecule has 0 saturated heterocycles. The summed E-state index contributed by atoms with van der Waals surface area (Å²) in [6.45, 7) is 0. The second kappa shape index (κ2) is 10.2. The van der Waals surface area contributed by atoms with Gasteiger partial charge in [-0.3, -0.25) is 10.1 Å². The first-order valence-corrected chi connectivity index (χ1v) is 9.67. The molecule has 3 N–H and O–H groups in total. The standard InChI is InChI=1S/C24H24N2O5/c1-29-19-13-17(14-20(15-19)30-2)21-5-3-4-6-22(21)31-18-10-7-16(8-11-18)9-12-23(27)26-24(25)28/h3-8,10-11,13-15H,9,12H2,1-2H3,(H3,25,26,27,28). The average molecular weight is 420 g/mol. The predicted octanol–water partition coefficient (Wildman–Crippen LogP) is 4.29. The molecule has 0 aliphatic carbocycles. The lowest BCUT2D eigenvalue weighted by molar-refractivity contribution is -0.119. The van der Waals surface area contributed by atoms with Crippen molar-refractivity contribution in [2.75, 3.05) is 14.2 Å². The number of ether oxygens (including phenoxy) is 3. The van der Waals surface area contributed by atoms with Crippen molar-refractivity contribution in [2.24, 2.45) is 5.73 Å². The molecule has 0 fully saturated rings. The number of urea groups is 1. The summed E-state index contributed by atoms with van der Waals surface area (Å²) in [5, 5.41) is 2.05. The Bertz CT molecular complexity index is 1040. The van der Waals surface area contributed by atoms with Gasteiger partial charge in [0.15, 0.2) is 0 Å². The molecule has 0 aliphatic rings. The van der Waals surface area contributed by atoms with Gasteiger partial charge in [0.05, 0.1) is 14.2 Å². The van der Waals surface area contributed by atoms with Gasteiger partial charge in [0, 0.05) is 18.1 Å². The van der Waals surface area contributed by atoms with E-state index in [2.05, 4.69) is 5.32 Å². The molecule has 0 heterocycles. The number of benzene rings is 3. The van der Waals surface area contributed by atoms with E-state index in [1.807, 2.05) is 66.7 Å². The third kappa shape index (κ3) is 5.99. The van der Waals surface area contributed by atoms with Crippen LogP contribution < -0.4 is 25.3 Å². The lowest BCUT2D eigenvalue weighted by Gasteiger charge is -2.14. The minimum atomic E-state index is -0.846. The number of imide groups is 1. The number of carbonyl (C=O) groups is 2. The summed E-state index contributed by atoms with van der Waals surface area (Å²) < 4.78 is 16.9. The quantitative estimate of drug-likeness (QED) is 0.566. The number of para-hydroxylation sites is 1. The molecule has 0 bridgehead atoms. The molecule has 160 valence electrons. The lowest BCUT2D eigenvalue weighted by atomic mass is 10.0. The summed E-state index contributed by atoms with van der Waals surface area (Å²) in [7, 11) is 3.22. The molecule has 3 aromatic carbocycles. The highest BCUT2D eigenvalue weighted by atomic mass is 16.5. The summed E-state index contributed by atoms with van der Waals surface area (Å²) in [5.74, 6) is 2.32. The molecular formula is C24H24N2O5. The number of nitrogens with two attached hydrogens (primary N) is 1. The van der Waals surface area contributed by atoms with E-state index in [0.717, 1.165) is 16.7 Å². The van der Waals surface area contributed by atoms with Gasteiger partial charge in [0.1, 0.15) is 23.0 Å². The van der Waals surface area contributed by atoms with Gasteiger partial charge in [-0.15, -0.1) is 0 Å². The summed E-state index contributed by atoms with van der Waals surface area (Å²) in [6, 6.07) is 19.9. The van der Waals surface area contributed by atoms with E-state index in [1.54, 1.807) is 14.2 Å². The molecule has 3 rings (SSSR count). The lowest BCUT2D eigenvalue weighted by Crippen LogP contribution is -2.35. The highest BCUT2D eigenvalue weighted by molar-refractivity contribution is 5.93. The van der Waals surface area contributed by atoms with Gasteiger partial charge >= 0.3 is 6.03 Å². The molecule has 7 nitrogen and oxygen atoms in total. The van der Waals surface area contributed by atoms with Crippen molar-refractivity contribution in [3.05, 3.63) is 72.3 Å². The van der Waals surface area contributed by atoms with Gasteiger partial charge in [-0.05, 0) is 47.9 Å². The number of hydrogen-bond acceptors (Lipinski definition) is 5. The van der Waals surface area contributed by atoms with Gasteiger partial charge in [-0.25, -0.2) is 4.79 Å². The summed E-state index contributed by atoms with van der Waals surface area (Å²) >= 11 is 0. The first kappa shape index (κ1) is 21.7. The van der Waals surface area contributed by atoms with Gasteiger partial charge in [-0.1, -0.05) is 30.3 Å². The zero-order chi connectivity index (χ0) is 22.2. The van der Waals surface area contributed by atoms with Crippen molar-refractivity contribution in [3.63, 3.8) is 0 Å². The van der Waals surface area contributed by atoms with Crippen LogP contribution in [0.5, 0.6) is 23.0 Å². The van der Waals surface area contributed by atoms with E-state index < -0.39 is 11.9 Å². The van der Waals surface area contributed by atoms with Crippen LogP contribution in [0.1, 0.15) is 12.0 Å². The van der Waals surface area contributed by atoms with Crippen LogP contribution in [0.25, 0.3) is 11.1 Å². The van der Waals surface area contributed by atoms with Crippen molar-refractivity contribution in [3.8, 4) is 34.1 Å². The topological polar surface area (TPSA) is 99.9 Å². The van der Waals surface area contributed by atoms with E-state index in [-0.39, 0.29) is 6.42 Å². The van der Waals surface area contributed by atoms with E-state index in [4.69, 9.17) is 19.9 Å². The maximum Gasteiger partial charge on any atom is 0.318 e. The van der Waals surface area contributed by atoms with Gasteiger partial charge in [-0.2, -0.15) is 0 Å². The Morgan fingerprint density at radius 3 is 2.13 bits per heavy atom. The first-order chi connectivity index (χ1) is 15.0. The molecule has 0 aliphatic heterocycles. The fraction of sp³-hybridized carbons (Fsp3) is 0.167. The van der Waals surface area contributed by atoms with E-state index in [1.165, 1.54) is 0 Å². The fourth-order valence-corrected chi connectivity index (χ4v) is 3.07. The van der Waals surface area contributed by atoms with E-state index >= 15 is 0 Å². The number of methoxy groups -OCH3 is 2. The SMILES string of the molecule is COc1cc(OC)cc(-c2ccccc2Oc2ccc(CCC(=O)NC(N)=O)cc2)c1. The number of nitrogens with one attached hydrogen (secondary N) is 1. The van der Waals surface area contributed by atoms with Gasteiger partial charge < -0.3 is 19.9 Å². The second-order valence-electron chi connectivity index (χ2n) is 6.76. The van der Waals surface area contributed by atoms with Crippen LogP contribution in [0.15, 0.2) is 66.7 Å². The smallest absolute Gasteiger partial charge is 0.318 e. The first-order valence-electron chi connectivity index (χ1n) is 9.67. The minimum Gasteiger partial charge on any atom is -0.497 e. The number of amides is 3. The molecule has 0 radical (unpaired) electrons. The van der Waals surface area contributed by atoms with E-state index in [0.29, 0.717) is 29.4 Å². The molecule has 31 heavy (non-hydrogen) atoms. The molecule has 0 saturated carbocycles. The van der Waals surface area contributed by atoms with Gasteiger partial charge in [0.25, 0.3) is 0 Å². The largest absolute Gasteiger partial charge is 0.497 e. The van der Waals surface area contributed by atoms with Crippen LogP contribution in [0.3, 0.4) is 0 Å². The monoisotopic (exact) mass is 420 g/mol. The molecular weight excluding hydrogens is 396 g/mol. The zero-order valence-electron chi connectivity index (χ0n) is 17.4. The minimum absolute atomic E-state index is 0.170. The van der Waals surface area contributed by atoms with E-state index in [9.17, 15) is 9.59 Å². The van der Waals surface area contributed by atoms with Crippen molar-refractivity contribution in [2.45, 2.75) is 12.8 Å². The van der Waals surface area contributed by atoms with Crippen LogP contribution >= 0.6 is 0 Å². The highest BCUT2D eigenvalue weighted by Crippen LogP contribution is 2.37.